The van der Waals surface area contributed by atoms with Gasteiger partial charge < -0.3 is 5.11 Å². The summed E-state index contributed by atoms with van der Waals surface area (Å²) >= 11 is 3.19. The zero-order valence-corrected chi connectivity index (χ0v) is 13.2. The molecular formula is C12H14BrNO5S. The zero-order valence-electron chi connectivity index (χ0n) is 10.8. The predicted molar refractivity (Wildman–Crippen MR) is 74.9 cm³/mol. The van der Waals surface area contributed by atoms with Gasteiger partial charge in [0.15, 0.2) is 0 Å². The van der Waals surface area contributed by atoms with Crippen molar-refractivity contribution in [2.45, 2.75) is 24.7 Å². The highest BCUT2D eigenvalue weighted by Crippen LogP contribution is 2.27. The molecule has 0 aliphatic carbocycles. The van der Waals surface area contributed by atoms with Crippen LogP contribution >= 0.6 is 15.9 Å². The lowest BCUT2D eigenvalue weighted by Gasteiger charge is -2.25. The van der Waals surface area contributed by atoms with Gasteiger partial charge in [-0.2, -0.15) is 0 Å². The highest BCUT2D eigenvalue weighted by Gasteiger charge is 2.29. The Morgan fingerprint density at radius 1 is 1.40 bits per heavy atom. The Hall–Kier alpha value is -0.960. The molecule has 0 aromatic heterocycles. The van der Waals surface area contributed by atoms with Crippen LogP contribution in [0.1, 0.15) is 28.8 Å². The van der Waals surface area contributed by atoms with E-state index in [1.54, 1.807) is 6.92 Å². The fraction of sp³-hybridized carbons (Fsp3) is 0.417. The van der Waals surface area contributed by atoms with Gasteiger partial charge in [0.05, 0.1) is 17.1 Å². The smallest absolute Gasteiger partial charge is 0.336 e. The molecule has 1 aromatic rings. The standard InChI is InChI=1S/C12H14BrNO5S/c1-8-10(12(15)16)6-9(7-11(8)13)20(17,18)14-4-2-3-5-19-14/h6-7H,2-5H2,1H3,(H,15,16). The van der Waals surface area contributed by atoms with E-state index in [0.717, 1.165) is 23.4 Å². The van der Waals surface area contributed by atoms with Crippen molar-refractivity contribution in [3.63, 3.8) is 0 Å². The first-order valence-electron chi connectivity index (χ1n) is 6.03. The molecular weight excluding hydrogens is 350 g/mol. The van der Waals surface area contributed by atoms with E-state index < -0.39 is 16.0 Å². The summed E-state index contributed by atoms with van der Waals surface area (Å²) in [6, 6.07) is 2.56. The van der Waals surface area contributed by atoms with Crippen molar-refractivity contribution < 1.29 is 23.2 Å². The Bertz CT molecular complexity index is 637. The summed E-state index contributed by atoms with van der Waals surface area (Å²) in [7, 11) is -3.84. The van der Waals surface area contributed by atoms with Gasteiger partial charge in [0.2, 0.25) is 0 Å². The summed E-state index contributed by atoms with van der Waals surface area (Å²) in [5, 5.41) is 9.13. The summed E-state index contributed by atoms with van der Waals surface area (Å²) in [6.45, 7) is 2.23. The second-order valence-corrected chi connectivity index (χ2v) is 7.14. The van der Waals surface area contributed by atoms with Crippen LogP contribution in [0.15, 0.2) is 21.5 Å². The maximum Gasteiger partial charge on any atom is 0.336 e. The van der Waals surface area contributed by atoms with Gasteiger partial charge in [0, 0.05) is 11.0 Å². The van der Waals surface area contributed by atoms with Gasteiger partial charge in [-0.3, -0.25) is 4.84 Å². The van der Waals surface area contributed by atoms with Crippen molar-refractivity contribution in [2.75, 3.05) is 13.2 Å². The Morgan fingerprint density at radius 3 is 2.65 bits per heavy atom. The lowest BCUT2D eigenvalue weighted by Crippen LogP contribution is -2.35. The number of halogens is 1. The largest absolute Gasteiger partial charge is 0.478 e. The van der Waals surface area contributed by atoms with Gasteiger partial charge >= 0.3 is 5.97 Å². The number of sulfonamides is 1. The number of hydrogen-bond acceptors (Lipinski definition) is 4. The number of carboxylic acids is 1. The van der Waals surface area contributed by atoms with Gasteiger partial charge in [-0.1, -0.05) is 20.4 Å². The van der Waals surface area contributed by atoms with Crippen LogP contribution in [0.4, 0.5) is 0 Å². The average molecular weight is 364 g/mol. The second-order valence-electron chi connectivity index (χ2n) is 4.45. The van der Waals surface area contributed by atoms with E-state index in [9.17, 15) is 13.2 Å². The number of hydrogen-bond donors (Lipinski definition) is 1. The third-order valence-electron chi connectivity index (χ3n) is 3.08. The fourth-order valence-electron chi connectivity index (χ4n) is 1.91. The molecule has 8 heteroatoms. The van der Waals surface area contributed by atoms with Crippen molar-refractivity contribution in [3.05, 3.63) is 27.7 Å². The molecule has 20 heavy (non-hydrogen) atoms. The molecule has 1 aliphatic rings. The molecule has 0 amide bonds. The van der Waals surface area contributed by atoms with Gasteiger partial charge in [-0.25, -0.2) is 13.2 Å². The van der Waals surface area contributed by atoms with Crippen molar-refractivity contribution in [1.29, 1.82) is 0 Å². The van der Waals surface area contributed by atoms with Crippen LogP contribution in [-0.2, 0) is 14.9 Å². The fourth-order valence-corrected chi connectivity index (χ4v) is 3.87. The first kappa shape index (κ1) is 15.4. The molecule has 0 unspecified atom stereocenters. The van der Waals surface area contributed by atoms with Crippen LogP contribution < -0.4 is 0 Å². The summed E-state index contributed by atoms with van der Waals surface area (Å²) in [6.07, 6.45) is 1.53. The normalized spacial score (nSPS) is 17.1. The van der Waals surface area contributed by atoms with E-state index >= 15 is 0 Å². The number of carbonyl (C=O) groups is 1. The van der Waals surface area contributed by atoms with Crippen molar-refractivity contribution in [1.82, 2.24) is 4.47 Å². The number of nitrogens with zero attached hydrogens (tertiary/aromatic N) is 1. The van der Waals surface area contributed by atoms with Crippen LogP contribution in [0, 0.1) is 6.92 Å². The molecule has 0 atom stereocenters. The first-order valence-corrected chi connectivity index (χ1v) is 8.26. The second kappa shape index (κ2) is 5.80. The van der Waals surface area contributed by atoms with E-state index in [4.69, 9.17) is 9.94 Å². The maximum atomic E-state index is 12.4. The molecule has 0 saturated carbocycles. The Balaban J connectivity index is 2.49. The number of carboxylic acid groups (broad SMARTS) is 1. The van der Waals surface area contributed by atoms with E-state index in [0.29, 0.717) is 16.6 Å². The molecule has 1 aromatic carbocycles. The number of benzene rings is 1. The molecule has 2 rings (SSSR count). The van der Waals surface area contributed by atoms with Crippen LogP contribution in [0.5, 0.6) is 0 Å². The van der Waals surface area contributed by atoms with Crippen molar-refractivity contribution in [2.24, 2.45) is 0 Å². The molecule has 110 valence electrons. The molecule has 0 bridgehead atoms. The van der Waals surface area contributed by atoms with Crippen LogP contribution in [-0.4, -0.2) is 37.1 Å². The summed E-state index contributed by atoms with van der Waals surface area (Å²) in [4.78, 5) is 16.2. The Kier molecular flexibility index (Phi) is 4.48. The molecule has 0 radical (unpaired) electrons. The SMILES string of the molecule is Cc1c(Br)cc(S(=O)(=O)N2CCCCO2)cc1C(=O)O. The number of hydroxylamine groups is 1. The molecule has 1 fully saturated rings. The molecule has 1 heterocycles. The van der Waals surface area contributed by atoms with Crippen LogP contribution in [0.3, 0.4) is 0 Å². The topological polar surface area (TPSA) is 83.9 Å². The highest BCUT2D eigenvalue weighted by atomic mass is 79.9. The summed E-state index contributed by atoms with van der Waals surface area (Å²) in [5.74, 6) is -1.17. The van der Waals surface area contributed by atoms with Crippen LogP contribution in [0.25, 0.3) is 0 Å². The molecule has 0 spiro atoms. The number of rotatable bonds is 3. The van der Waals surface area contributed by atoms with Crippen LogP contribution in [0.2, 0.25) is 0 Å². The highest BCUT2D eigenvalue weighted by molar-refractivity contribution is 9.10. The molecule has 6 nitrogen and oxygen atoms in total. The summed E-state index contributed by atoms with van der Waals surface area (Å²) in [5.41, 5.74) is 0.436. The lowest BCUT2D eigenvalue weighted by molar-refractivity contribution is -0.108. The monoisotopic (exact) mass is 363 g/mol. The maximum absolute atomic E-state index is 12.4. The van der Waals surface area contributed by atoms with E-state index in [-0.39, 0.29) is 17.0 Å². The van der Waals surface area contributed by atoms with Crippen molar-refractivity contribution in [3.8, 4) is 0 Å². The van der Waals surface area contributed by atoms with Gasteiger partial charge in [-0.05, 0) is 37.5 Å². The average Bonchev–Trinajstić information content (AvgIpc) is 2.42. The van der Waals surface area contributed by atoms with E-state index in [1.807, 2.05) is 0 Å². The third-order valence-corrected chi connectivity index (χ3v) is 5.56. The third kappa shape index (κ3) is 2.88. The summed E-state index contributed by atoms with van der Waals surface area (Å²) < 4.78 is 26.2. The molecule has 1 saturated heterocycles. The minimum Gasteiger partial charge on any atom is -0.478 e. The molecule has 1 N–H and O–H groups in total. The Labute approximate surface area is 125 Å². The Morgan fingerprint density at radius 2 is 2.10 bits per heavy atom. The van der Waals surface area contributed by atoms with E-state index in [2.05, 4.69) is 15.9 Å². The minimum atomic E-state index is -3.84. The lowest BCUT2D eigenvalue weighted by atomic mass is 10.1. The zero-order chi connectivity index (χ0) is 14.9. The van der Waals surface area contributed by atoms with Crippen molar-refractivity contribution >= 4 is 31.9 Å². The minimum absolute atomic E-state index is 0.0463. The van der Waals surface area contributed by atoms with E-state index in [1.165, 1.54) is 6.07 Å². The predicted octanol–water partition coefficient (Wildman–Crippen LogP) is 2.17. The van der Waals surface area contributed by atoms with Gasteiger partial charge in [0.1, 0.15) is 0 Å². The first-order chi connectivity index (χ1) is 9.34. The quantitative estimate of drug-likeness (QED) is 0.889. The number of aromatic carboxylic acids is 1. The molecule has 1 aliphatic heterocycles. The van der Waals surface area contributed by atoms with Gasteiger partial charge in [0.25, 0.3) is 10.0 Å². The van der Waals surface area contributed by atoms with Gasteiger partial charge in [-0.15, -0.1) is 0 Å².